The first-order chi connectivity index (χ1) is 18.1. The molecule has 0 aliphatic heterocycles. The first-order valence-electron chi connectivity index (χ1n) is 16.1. The van der Waals surface area contributed by atoms with Crippen molar-refractivity contribution in [3.05, 3.63) is 12.2 Å². The van der Waals surface area contributed by atoms with Crippen LogP contribution >= 0.6 is 0 Å². The van der Waals surface area contributed by atoms with Gasteiger partial charge in [0.25, 0.3) is 0 Å². The molecular formula is C33H62O4. The molecule has 218 valence electrons. The Balaban J connectivity index is 3.40. The highest BCUT2D eigenvalue weighted by Crippen LogP contribution is 2.18. The van der Waals surface area contributed by atoms with Gasteiger partial charge in [-0.2, -0.15) is 0 Å². The number of unbranched alkanes of at least 4 members (excludes halogenated alkanes) is 20. The second-order valence-electron chi connectivity index (χ2n) is 11.0. The van der Waals surface area contributed by atoms with E-state index in [1.165, 1.54) is 116 Å². The molecule has 0 spiro atoms. The predicted molar refractivity (Wildman–Crippen MR) is 158 cm³/mol. The number of esters is 1. The maximum absolute atomic E-state index is 12.0. The maximum Gasteiger partial charge on any atom is 0.309 e. The highest BCUT2D eigenvalue weighted by atomic mass is 16.5. The van der Waals surface area contributed by atoms with Crippen molar-refractivity contribution in [1.82, 2.24) is 0 Å². The van der Waals surface area contributed by atoms with Crippen LogP contribution in [0.2, 0.25) is 0 Å². The van der Waals surface area contributed by atoms with E-state index in [1.807, 2.05) is 6.92 Å². The highest BCUT2D eigenvalue weighted by molar-refractivity contribution is 5.79. The number of rotatable bonds is 29. The molecule has 0 aromatic carbocycles. The third kappa shape index (κ3) is 27.5. The lowest BCUT2D eigenvalue weighted by Crippen LogP contribution is -2.21. The molecule has 4 heteroatoms. The third-order valence-electron chi connectivity index (χ3n) is 7.27. The summed E-state index contributed by atoms with van der Waals surface area (Å²) in [6, 6.07) is 0. The summed E-state index contributed by atoms with van der Waals surface area (Å²) in [5.41, 5.74) is 0. The van der Waals surface area contributed by atoms with Gasteiger partial charge in [-0.25, -0.2) is 0 Å². The number of allylic oxidation sites excluding steroid dienone is 2. The molecule has 4 nitrogen and oxygen atoms in total. The van der Waals surface area contributed by atoms with Gasteiger partial charge in [0.1, 0.15) is 0 Å². The average Bonchev–Trinajstić information content (AvgIpc) is 2.88. The minimum Gasteiger partial charge on any atom is -0.481 e. The molecule has 0 rings (SSSR count). The zero-order valence-corrected chi connectivity index (χ0v) is 24.8. The van der Waals surface area contributed by atoms with Crippen molar-refractivity contribution in [2.24, 2.45) is 5.92 Å². The van der Waals surface area contributed by atoms with Crippen LogP contribution < -0.4 is 0 Å². The molecule has 0 amide bonds. The zero-order chi connectivity index (χ0) is 27.2. The Morgan fingerprint density at radius 3 is 1.41 bits per heavy atom. The molecule has 0 fully saturated rings. The lowest BCUT2D eigenvalue weighted by molar-refractivity contribution is -0.153. The first-order valence-corrected chi connectivity index (χ1v) is 16.1. The van der Waals surface area contributed by atoms with Gasteiger partial charge in [-0.05, 0) is 38.5 Å². The van der Waals surface area contributed by atoms with E-state index in [0.29, 0.717) is 13.0 Å². The fraction of sp³-hybridized carbons (Fsp3) is 0.879. The number of aliphatic carboxylic acids is 1. The molecule has 0 saturated carbocycles. The Morgan fingerprint density at radius 1 is 0.595 bits per heavy atom. The van der Waals surface area contributed by atoms with Crippen LogP contribution in [0.25, 0.3) is 0 Å². The fourth-order valence-corrected chi connectivity index (χ4v) is 4.89. The molecule has 1 N–H and O–H groups in total. The van der Waals surface area contributed by atoms with E-state index >= 15 is 0 Å². The van der Waals surface area contributed by atoms with Crippen LogP contribution in [0.15, 0.2) is 12.2 Å². The van der Waals surface area contributed by atoms with Crippen LogP contribution in [0.5, 0.6) is 0 Å². The van der Waals surface area contributed by atoms with Gasteiger partial charge in [-0.3, -0.25) is 9.59 Å². The zero-order valence-electron chi connectivity index (χ0n) is 24.8. The molecule has 0 heterocycles. The van der Waals surface area contributed by atoms with Crippen LogP contribution in [0.3, 0.4) is 0 Å². The summed E-state index contributed by atoms with van der Waals surface area (Å²) in [5, 5.41) is 9.03. The molecule has 0 aliphatic rings. The molecule has 0 aromatic rings. The molecule has 0 aliphatic carbocycles. The Kier molecular flexibility index (Phi) is 28.2. The van der Waals surface area contributed by atoms with Gasteiger partial charge in [0, 0.05) is 0 Å². The maximum atomic E-state index is 12.0. The molecule has 0 saturated heterocycles. The van der Waals surface area contributed by atoms with Crippen molar-refractivity contribution in [3.8, 4) is 0 Å². The van der Waals surface area contributed by atoms with Crippen LogP contribution in [-0.2, 0) is 14.3 Å². The fourth-order valence-electron chi connectivity index (χ4n) is 4.89. The lowest BCUT2D eigenvalue weighted by Gasteiger charge is -2.13. The smallest absolute Gasteiger partial charge is 0.309 e. The summed E-state index contributed by atoms with van der Waals surface area (Å²) in [6.45, 7) is 4.60. The van der Waals surface area contributed by atoms with Crippen LogP contribution in [-0.4, -0.2) is 23.7 Å². The Labute approximate surface area is 230 Å². The van der Waals surface area contributed by atoms with E-state index in [1.54, 1.807) is 0 Å². The van der Waals surface area contributed by atoms with Crippen molar-refractivity contribution in [1.29, 1.82) is 0 Å². The number of carboxylic acid groups (broad SMARTS) is 1. The van der Waals surface area contributed by atoms with Gasteiger partial charge >= 0.3 is 11.9 Å². The van der Waals surface area contributed by atoms with Crippen molar-refractivity contribution in [3.63, 3.8) is 0 Å². The van der Waals surface area contributed by atoms with E-state index < -0.39 is 11.9 Å². The molecule has 1 unspecified atom stereocenters. The summed E-state index contributed by atoms with van der Waals surface area (Å²) >= 11 is 0. The number of hydrogen-bond donors (Lipinski definition) is 1. The topological polar surface area (TPSA) is 63.6 Å². The van der Waals surface area contributed by atoms with Crippen molar-refractivity contribution >= 4 is 11.9 Å². The second kappa shape index (κ2) is 29.2. The summed E-state index contributed by atoms with van der Waals surface area (Å²) in [7, 11) is 0. The average molecular weight is 523 g/mol. The number of carboxylic acids is 1. The minimum atomic E-state index is -0.922. The van der Waals surface area contributed by atoms with Crippen molar-refractivity contribution in [2.75, 3.05) is 6.61 Å². The third-order valence-corrected chi connectivity index (χ3v) is 7.27. The largest absolute Gasteiger partial charge is 0.481 e. The monoisotopic (exact) mass is 522 g/mol. The minimum absolute atomic E-state index is 0.118. The Morgan fingerprint density at radius 2 is 1.00 bits per heavy atom. The Bertz CT molecular complexity index is 528. The quantitative estimate of drug-likeness (QED) is 0.0602. The summed E-state index contributed by atoms with van der Waals surface area (Å²) in [4.78, 5) is 23.0. The van der Waals surface area contributed by atoms with E-state index in [0.717, 1.165) is 32.1 Å². The molecule has 37 heavy (non-hydrogen) atoms. The van der Waals surface area contributed by atoms with Gasteiger partial charge in [-0.1, -0.05) is 142 Å². The van der Waals surface area contributed by atoms with Crippen molar-refractivity contribution in [2.45, 2.75) is 174 Å². The number of carbonyl (C=O) groups is 2. The van der Waals surface area contributed by atoms with Gasteiger partial charge in [-0.15, -0.1) is 0 Å². The summed E-state index contributed by atoms with van der Waals surface area (Å²) in [5.74, 6) is -1.76. The number of carbonyl (C=O) groups excluding carboxylic acids is 1. The van der Waals surface area contributed by atoms with Crippen LogP contribution in [0.1, 0.15) is 174 Å². The second-order valence-corrected chi connectivity index (χ2v) is 11.0. The van der Waals surface area contributed by atoms with E-state index in [9.17, 15) is 9.59 Å². The number of hydrogen-bond acceptors (Lipinski definition) is 3. The Hall–Kier alpha value is -1.32. The van der Waals surface area contributed by atoms with Crippen LogP contribution in [0.4, 0.5) is 0 Å². The lowest BCUT2D eigenvalue weighted by atomic mass is 9.97. The normalized spacial score (nSPS) is 12.3. The van der Waals surface area contributed by atoms with Gasteiger partial charge in [0.2, 0.25) is 0 Å². The SMILES string of the molecule is CCCCCCCCCCCCCCCCC/C=C/CCCCCCCC(CC(=O)O)C(=O)OCCC. The highest BCUT2D eigenvalue weighted by Gasteiger charge is 2.22. The molecule has 0 radical (unpaired) electrons. The van der Waals surface area contributed by atoms with E-state index in [2.05, 4.69) is 19.1 Å². The molecule has 0 bridgehead atoms. The first kappa shape index (κ1) is 35.7. The van der Waals surface area contributed by atoms with E-state index in [-0.39, 0.29) is 12.4 Å². The standard InChI is InChI=1S/C33H62O4/c1-3-5-6-7-8-9-10-11-12-13-14-15-16-17-18-19-20-21-22-23-24-25-26-27-28-31(30-32(34)35)33(36)37-29-4-2/h20-21,31H,3-19,22-30H2,1-2H3,(H,34,35)/b21-20+. The molecular weight excluding hydrogens is 460 g/mol. The van der Waals surface area contributed by atoms with Crippen LogP contribution in [0, 0.1) is 5.92 Å². The van der Waals surface area contributed by atoms with Gasteiger partial charge in [0.15, 0.2) is 0 Å². The van der Waals surface area contributed by atoms with Crippen molar-refractivity contribution < 1.29 is 19.4 Å². The predicted octanol–water partition coefficient (Wildman–Crippen LogP) is 10.6. The summed E-state index contributed by atoms with van der Waals surface area (Å²) in [6.07, 6.45) is 35.1. The number of ether oxygens (including phenoxy) is 1. The van der Waals surface area contributed by atoms with Gasteiger partial charge < -0.3 is 9.84 Å². The summed E-state index contributed by atoms with van der Waals surface area (Å²) < 4.78 is 5.15. The van der Waals surface area contributed by atoms with E-state index in [4.69, 9.17) is 9.84 Å². The van der Waals surface area contributed by atoms with Gasteiger partial charge in [0.05, 0.1) is 18.9 Å². The molecule has 1 atom stereocenters. The molecule has 0 aromatic heterocycles.